The Morgan fingerprint density at radius 2 is 1.50 bits per heavy atom. The van der Waals surface area contributed by atoms with Gasteiger partial charge in [-0.3, -0.25) is 9.59 Å². The fourth-order valence-corrected chi connectivity index (χ4v) is 4.28. The van der Waals surface area contributed by atoms with Gasteiger partial charge in [0.1, 0.15) is 5.82 Å². The zero-order chi connectivity index (χ0) is 20.9. The van der Waals surface area contributed by atoms with Crippen molar-refractivity contribution in [3.63, 3.8) is 0 Å². The van der Waals surface area contributed by atoms with E-state index in [-0.39, 0.29) is 17.4 Å². The van der Waals surface area contributed by atoms with Crippen molar-refractivity contribution < 1.29 is 18.4 Å². The van der Waals surface area contributed by atoms with Gasteiger partial charge >= 0.3 is 0 Å². The van der Waals surface area contributed by atoms with E-state index in [1.165, 1.54) is 18.4 Å². The summed E-state index contributed by atoms with van der Waals surface area (Å²) in [4.78, 5) is 29.9. The number of carbonyl (C=O) groups excluding carboxylic acids is 2. The molecule has 0 saturated carbocycles. The highest BCUT2D eigenvalue weighted by molar-refractivity contribution is 7.98. The first-order valence-electron chi connectivity index (χ1n) is 9.71. The van der Waals surface area contributed by atoms with Gasteiger partial charge in [-0.2, -0.15) is 0 Å². The summed E-state index contributed by atoms with van der Waals surface area (Å²) in [6.45, 7) is 1.47. The van der Waals surface area contributed by atoms with Gasteiger partial charge in [0.05, 0.1) is 11.8 Å². The lowest BCUT2D eigenvalue weighted by Gasteiger charge is -2.34. The van der Waals surface area contributed by atoms with Crippen LogP contribution in [-0.4, -0.2) is 47.8 Å². The molecule has 1 aliphatic rings. The number of nitrogens with zero attached hydrogens (tertiary/aromatic N) is 2. The van der Waals surface area contributed by atoms with E-state index < -0.39 is 5.82 Å². The summed E-state index contributed by atoms with van der Waals surface area (Å²) < 4.78 is 19.4. The summed E-state index contributed by atoms with van der Waals surface area (Å²) in [5.41, 5.74) is 0.905. The van der Waals surface area contributed by atoms with Crippen molar-refractivity contribution in [3.05, 3.63) is 89.6 Å². The van der Waals surface area contributed by atoms with Crippen LogP contribution in [0.1, 0.15) is 26.5 Å². The Morgan fingerprint density at radius 1 is 0.867 bits per heavy atom. The van der Waals surface area contributed by atoms with Crippen molar-refractivity contribution in [2.45, 2.75) is 10.6 Å². The number of furan rings is 1. The van der Waals surface area contributed by atoms with E-state index in [4.69, 9.17) is 4.42 Å². The number of hydrogen-bond acceptors (Lipinski definition) is 4. The van der Waals surface area contributed by atoms with E-state index in [9.17, 15) is 14.0 Å². The first kappa shape index (κ1) is 20.2. The molecule has 0 radical (unpaired) electrons. The Labute approximate surface area is 178 Å². The summed E-state index contributed by atoms with van der Waals surface area (Å²) in [7, 11) is 0. The second-order valence-electron chi connectivity index (χ2n) is 6.94. The molecule has 2 aromatic carbocycles. The van der Waals surface area contributed by atoms with E-state index in [1.54, 1.807) is 33.7 Å². The summed E-state index contributed by atoms with van der Waals surface area (Å²) in [6, 6.07) is 17.7. The van der Waals surface area contributed by atoms with Gasteiger partial charge in [0, 0.05) is 42.4 Å². The monoisotopic (exact) mass is 424 g/mol. The number of halogens is 1. The minimum Gasteiger partial charge on any atom is -0.459 e. The second-order valence-corrected chi connectivity index (χ2v) is 7.99. The zero-order valence-electron chi connectivity index (χ0n) is 16.3. The average molecular weight is 424 g/mol. The van der Waals surface area contributed by atoms with Gasteiger partial charge in [0.2, 0.25) is 0 Å². The van der Waals surface area contributed by atoms with Crippen molar-refractivity contribution in [2.75, 3.05) is 26.2 Å². The van der Waals surface area contributed by atoms with E-state index in [0.29, 0.717) is 37.7 Å². The van der Waals surface area contributed by atoms with Crippen LogP contribution < -0.4 is 0 Å². The van der Waals surface area contributed by atoms with Gasteiger partial charge < -0.3 is 14.2 Å². The number of benzene rings is 2. The molecular weight excluding hydrogens is 403 g/mol. The molecule has 0 spiro atoms. The van der Waals surface area contributed by atoms with Gasteiger partial charge in [-0.1, -0.05) is 30.3 Å². The molecule has 1 aromatic heterocycles. The molecule has 1 aliphatic heterocycles. The van der Waals surface area contributed by atoms with Gasteiger partial charge in [-0.25, -0.2) is 4.39 Å². The minimum absolute atomic E-state index is 0.0588. The molecule has 2 amide bonds. The topological polar surface area (TPSA) is 53.8 Å². The van der Waals surface area contributed by atoms with Crippen molar-refractivity contribution in [1.29, 1.82) is 0 Å². The summed E-state index contributed by atoms with van der Waals surface area (Å²) in [5, 5.41) is 0. The lowest BCUT2D eigenvalue weighted by atomic mass is 10.1. The summed E-state index contributed by atoms with van der Waals surface area (Å²) in [6.07, 6.45) is 1.53. The highest BCUT2D eigenvalue weighted by atomic mass is 32.2. The van der Waals surface area contributed by atoms with Crippen LogP contribution in [0.25, 0.3) is 0 Å². The van der Waals surface area contributed by atoms with Crippen LogP contribution in [0.4, 0.5) is 4.39 Å². The third-order valence-electron chi connectivity index (χ3n) is 5.04. The maximum absolute atomic E-state index is 13.9. The largest absolute Gasteiger partial charge is 0.459 e. The van der Waals surface area contributed by atoms with Gasteiger partial charge in [-0.05, 0) is 30.3 Å². The molecule has 0 unspecified atom stereocenters. The molecule has 0 N–H and O–H groups in total. The molecule has 30 heavy (non-hydrogen) atoms. The van der Waals surface area contributed by atoms with Crippen LogP contribution in [-0.2, 0) is 5.75 Å². The van der Waals surface area contributed by atoms with E-state index >= 15 is 0 Å². The van der Waals surface area contributed by atoms with Gasteiger partial charge in [-0.15, -0.1) is 11.8 Å². The Hall–Kier alpha value is -3.06. The zero-order valence-corrected chi connectivity index (χ0v) is 17.1. The number of thioether (sulfide) groups is 1. The van der Waals surface area contributed by atoms with E-state index in [0.717, 1.165) is 10.5 Å². The molecule has 7 heteroatoms. The minimum atomic E-state index is -0.530. The van der Waals surface area contributed by atoms with Crippen molar-refractivity contribution in [1.82, 2.24) is 9.80 Å². The van der Waals surface area contributed by atoms with Crippen molar-refractivity contribution in [3.8, 4) is 0 Å². The quantitative estimate of drug-likeness (QED) is 0.573. The van der Waals surface area contributed by atoms with Crippen LogP contribution >= 0.6 is 11.8 Å². The standard InChI is InChI=1S/C23H21FN2O3S/c24-20-9-5-4-8-19(20)22(27)25-11-13-26(14-12-25)23(28)21-17(10-15-29-21)16-30-18-6-2-1-3-7-18/h1-10,15H,11-14,16H2. The molecule has 0 atom stereocenters. The first-order valence-corrected chi connectivity index (χ1v) is 10.7. The van der Waals surface area contributed by atoms with Crippen molar-refractivity contribution in [2.24, 2.45) is 0 Å². The van der Waals surface area contributed by atoms with Crippen LogP contribution in [0.3, 0.4) is 0 Å². The number of hydrogen-bond donors (Lipinski definition) is 0. The Bertz CT molecular complexity index is 1030. The summed E-state index contributed by atoms with van der Waals surface area (Å²) in [5.74, 6) is -0.0860. The Balaban J connectivity index is 1.36. The highest BCUT2D eigenvalue weighted by Gasteiger charge is 2.29. The SMILES string of the molecule is O=C(c1ccccc1F)N1CCN(C(=O)c2occc2CSc2ccccc2)CC1. The molecule has 4 rings (SSSR count). The van der Waals surface area contributed by atoms with Crippen LogP contribution in [0.2, 0.25) is 0 Å². The van der Waals surface area contributed by atoms with E-state index in [1.807, 2.05) is 36.4 Å². The fraction of sp³-hybridized carbons (Fsp3) is 0.217. The van der Waals surface area contributed by atoms with Gasteiger partial charge in [0.25, 0.3) is 11.8 Å². The normalized spacial score (nSPS) is 14.0. The van der Waals surface area contributed by atoms with E-state index in [2.05, 4.69) is 0 Å². The smallest absolute Gasteiger partial charge is 0.289 e. The number of amides is 2. The Morgan fingerprint density at radius 3 is 2.20 bits per heavy atom. The molecule has 1 fully saturated rings. The van der Waals surface area contributed by atoms with Crippen LogP contribution in [0.15, 0.2) is 76.2 Å². The number of piperazine rings is 1. The number of carbonyl (C=O) groups is 2. The van der Waals surface area contributed by atoms with Gasteiger partial charge in [0.15, 0.2) is 5.76 Å². The molecule has 5 nitrogen and oxygen atoms in total. The molecule has 154 valence electrons. The number of rotatable bonds is 5. The predicted octanol–water partition coefficient (Wildman–Crippen LogP) is 4.31. The van der Waals surface area contributed by atoms with Crippen LogP contribution in [0.5, 0.6) is 0 Å². The lowest BCUT2D eigenvalue weighted by molar-refractivity contribution is 0.0515. The third-order valence-corrected chi connectivity index (χ3v) is 6.10. The second kappa shape index (κ2) is 9.17. The average Bonchev–Trinajstić information content (AvgIpc) is 3.26. The molecular formula is C23H21FN2O3S. The first-order chi connectivity index (χ1) is 14.6. The molecule has 0 bridgehead atoms. The summed E-state index contributed by atoms with van der Waals surface area (Å²) >= 11 is 1.64. The highest BCUT2D eigenvalue weighted by Crippen LogP contribution is 2.26. The fourth-order valence-electron chi connectivity index (χ4n) is 3.38. The predicted molar refractivity (Wildman–Crippen MR) is 113 cm³/mol. The Kier molecular flexibility index (Phi) is 6.18. The maximum atomic E-state index is 13.9. The molecule has 0 aliphatic carbocycles. The lowest BCUT2D eigenvalue weighted by Crippen LogP contribution is -2.50. The maximum Gasteiger partial charge on any atom is 0.289 e. The van der Waals surface area contributed by atoms with Crippen molar-refractivity contribution >= 4 is 23.6 Å². The molecule has 3 aromatic rings. The third kappa shape index (κ3) is 4.41. The van der Waals surface area contributed by atoms with Crippen LogP contribution in [0, 0.1) is 5.82 Å². The molecule has 1 saturated heterocycles. The molecule has 2 heterocycles.